The van der Waals surface area contributed by atoms with Gasteiger partial charge in [-0.25, -0.2) is 0 Å². The van der Waals surface area contributed by atoms with Gasteiger partial charge in [0.15, 0.2) is 0 Å². The zero-order chi connectivity index (χ0) is 13.7. The maximum Gasteiger partial charge on any atom is 0.123 e. The molecular formula is C16H18O3. The van der Waals surface area contributed by atoms with Crippen molar-refractivity contribution < 1.29 is 14.9 Å². The summed E-state index contributed by atoms with van der Waals surface area (Å²) in [5.41, 5.74) is 2.24. The molecule has 1 unspecified atom stereocenters. The van der Waals surface area contributed by atoms with Crippen molar-refractivity contribution in [2.24, 2.45) is 0 Å². The number of aliphatic hydroxyl groups is 1. The molecule has 2 aromatic rings. The summed E-state index contributed by atoms with van der Waals surface area (Å²) >= 11 is 0. The quantitative estimate of drug-likeness (QED) is 0.867. The van der Waals surface area contributed by atoms with Gasteiger partial charge in [0.1, 0.15) is 11.5 Å². The average Bonchev–Trinajstić information content (AvgIpc) is 2.41. The van der Waals surface area contributed by atoms with Gasteiger partial charge in [-0.1, -0.05) is 35.9 Å². The minimum absolute atomic E-state index is 0.0296. The van der Waals surface area contributed by atoms with Gasteiger partial charge in [-0.05, 0) is 24.6 Å². The van der Waals surface area contributed by atoms with Crippen LogP contribution in [0.5, 0.6) is 11.5 Å². The molecule has 0 aromatic heterocycles. The molecule has 0 aliphatic heterocycles. The lowest BCUT2D eigenvalue weighted by atomic mass is 10.00. The molecule has 1 atom stereocenters. The Labute approximate surface area is 113 Å². The molecule has 0 spiro atoms. The summed E-state index contributed by atoms with van der Waals surface area (Å²) in [6, 6.07) is 14.7. The second-order valence-electron chi connectivity index (χ2n) is 4.60. The fourth-order valence-electron chi connectivity index (χ4n) is 1.86. The Hall–Kier alpha value is -2.00. The van der Waals surface area contributed by atoms with Crippen LogP contribution in [0.1, 0.15) is 17.0 Å². The molecule has 0 saturated carbocycles. The van der Waals surface area contributed by atoms with Gasteiger partial charge in [-0.3, -0.25) is 0 Å². The first-order valence-electron chi connectivity index (χ1n) is 6.28. The van der Waals surface area contributed by atoms with Crippen LogP contribution < -0.4 is 4.74 Å². The van der Waals surface area contributed by atoms with Crippen LogP contribution in [0.25, 0.3) is 0 Å². The highest BCUT2D eigenvalue weighted by Crippen LogP contribution is 2.21. The van der Waals surface area contributed by atoms with Crippen molar-refractivity contribution in [3.63, 3.8) is 0 Å². The molecule has 0 heterocycles. The molecule has 0 fully saturated rings. The van der Waals surface area contributed by atoms with Gasteiger partial charge in [-0.2, -0.15) is 0 Å². The highest BCUT2D eigenvalue weighted by Gasteiger charge is 2.11. The number of benzene rings is 2. The number of phenolic OH excluding ortho intramolecular Hbond substituents is 1. The average molecular weight is 258 g/mol. The van der Waals surface area contributed by atoms with E-state index in [0.717, 1.165) is 5.56 Å². The molecule has 0 bridgehead atoms. The van der Waals surface area contributed by atoms with Crippen molar-refractivity contribution in [2.75, 3.05) is 13.2 Å². The maximum atomic E-state index is 9.45. The van der Waals surface area contributed by atoms with E-state index >= 15 is 0 Å². The fourth-order valence-corrected chi connectivity index (χ4v) is 1.86. The van der Waals surface area contributed by atoms with Crippen LogP contribution in [0.2, 0.25) is 0 Å². The van der Waals surface area contributed by atoms with Gasteiger partial charge in [0.25, 0.3) is 0 Å². The number of aryl methyl sites for hydroxylation is 1. The molecule has 3 heteroatoms. The molecule has 2 aromatic carbocycles. The van der Waals surface area contributed by atoms with E-state index < -0.39 is 0 Å². The number of rotatable bonds is 5. The molecule has 0 saturated heterocycles. The number of hydrogen-bond donors (Lipinski definition) is 2. The number of aromatic hydroxyl groups is 1. The molecule has 2 rings (SSSR count). The third kappa shape index (κ3) is 3.73. The molecule has 2 N–H and O–H groups in total. The van der Waals surface area contributed by atoms with Gasteiger partial charge in [0.2, 0.25) is 0 Å². The summed E-state index contributed by atoms with van der Waals surface area (Å²) in [6.07, 6.45) is 0. The van der Waals surface area contributed by atoms with Crippen LogP contribution in [0.15, 0.2) is 48.5 Å². The Bertz CT molecular complexity index is 520. The monoisotopic (exact) mass is 258 g/mol. The minimum atomic E-state index is -0.0667. The van der Waals surface area contributed by atoms with Crippen molar-refractivity contribution >= 4 is 0 Å². The van der Waals surface area contributed by atoms with E-state index in [1.807, 2.05) is 31.2 Å². The molecule has 19 heavy (non-hydrogen) atoms. The predicted molar refractivity (Wildman–Crippen MR) is 74.6 cm³/mol. The molecule has 0 aliphatic carbocycles. The van der Waals surface area contributed by atoms with Crippen molar-refractivity contribution in [2.45, 2.75) is 12.8 Å². The van der Waals surface area contributed by atoms with Gasteiger partial charge >= 0.3 is 0 Å². The van der Waals surface area contributed by atoms with Crippen molar-refractivity contribution in [3.05, 3.63) is 59.7 Å². The number of phenols is 1. The van der Waals surface area contributed by atoms with E-state index in [-0.39, 0.29) is 18.3 Å². The fraction of sp³-hybridized carbons (Fsp3) is 0.250. The van der Waals surface area contributed by atoms with E-state index in [1.54, 1.807) is 24.3 Å². The molecule has 0 amide bonds. The van der Waals surface area contributed by atoms with E-state index in [1.165, 1.54) is 5.56 Å². The topological polar surface area (TPSA) is 49.7 Å². The Morgan fingerprint density at radius 1 is 1.11 bits per heavy atom. The molecular weight excluding hydrogens is 240 g/mol. The Balaban J connectivity index is 2.01. The lowest BCUT2D eigenvalue weighted by Crippen LogP contribution is -2.14. The number of hydrogen-bond acceptors (Lipinski definition) is 3. The predicted octanol–water partition coefficient (Wildman–Crippen LogP) is 2.86. The Morgan fingerprint density at radius 2 is 1.84 bits per heavy atom. The largest absolute Gasteiger partial charge is 0.508 e. The van der Waals surface area contributed by atoms with Crippen LogP contribution in [-0.2, 0) is 0 Å². The first kappa shape index (κ1) is 13.4. The van der Waals surface area contributed by atoms with Crippen LogP contribution in [0.3, 0.4) is 0 Å². The smallest absolute Gasteiger partial charge is 0.123 e. The second-order valence-corrected chi connectivity index (χ2v) is 4.60. The van der Waals surface area contributed by atoms with Crippen LogP contribution in [0.4, 0.5) is 0 Å². The molecule has 3 nitrogen and oxygen atoms in total. The van der Waals surface area contributed by atoms with Crippen molar-refractivity contribution in [3.8, 4) is 11.5 Å². The van der Waals surface area contributed by atoms with Gasteiger partial charge in [-0.15, -0.1) is 0 Å². The number of aliphatic hydroxyl groups excluding tert-OH is 1. The third-order valence-corrected chi connectivity index (χ3v) is 3.04. The summed E-state index contributed by atoms with van der Waals surface area (Å²) in [5.74, 6) is 0.710. The second kappa shape index (κ2) is 6.25. The maximum absolute atomic E-state index is 9.45. The normalized spacial score (nSPS) is 12.1. The lowest BCUT2D eigenvalue weighted by molar-refractivity contribution is 0.205. The van der Waals surface area contributed by atoms with Crippen LogP contribution >= 0.6 is 0 Å². The zero-order valence-corrected chi connectivity index (χ0v) is 10.9. The summed E-state index contributed by atoms with van der Waals surface area (Å²) in [4.78, 5) is 0. The van der Waals surface area contributed by atoms with E-state index in [2.05, 4.69) is 0 Å². The minimum Gasteiger partial charge on any atom is -0.508 e. The van der Waals surface area contributed by atoms with Gasteiger partial charge in [0, 0.05) is 12.0 Å². The van der Waals surface area contributed by atoms with Crippen molar-refractivity contribution in [1.29, 1.82) is 0 Å². The molecule has 0 radical (unpaired) electrons. The van der Waals surface area contributed by atoms with Gasteiger partial charge < -0.3 is 14.9 Å². The third-order valence-electron chi connectivity index (χ3n) is 3.04. The summed E-state index contributed by atoms with van der Waals surface area (Å²) < 4.78 is 5.60. The van der Waals surface area contributed by atoms with E-state index in [4.69, 9.17) is 4.74 Å². The first-order chi connectivity index (χ1) is 9.19. The summed E-state index contributed by atoms with van der Waals surface area (Å²) in [6.45, 7) is 2.44. The molecule has 0 aliphatic rings. The lowest BCUT2D eigenvalue weighted by Gasteiger charge is -2.16. The van der Waals surface area contributed by atoms with Crippen LogP contribution in [0, 0.1) is 6.92 Å². The Kier molecular flexibility index (Phi) is 4.42. The summed E-state index contributed by atoms with van der Waals surface area (Å²) in [7, 11) is 0. The van der Waals surface area contributed by atoms with E-state index in [9.17, 15) is 10.2 Å². The van der Waals surface area contributed by atoms with Crippen LogP contribution in [-0.4, -0.2) is 23.4 Å². The SMILES string of the molecule is Cc1ccc(C(CO)COc2cccc(O)c2)cc1. The standard InChI is InChI=1S/C16H18O3/c1-12-5-7-13(8-6-12)14(10-17)11-19-16-4-2-3-15(18)9-16/h2-9,14,17-18H,10-11H2,1H3. The van der Waals surface area contributed by atoms with Gasteiger partial charge in [0.05, 0.1) is 13.2 Å². The number of ether oxygens (including phenoxy) is 1. The summed E-state index contributed by atoms with van der Waals surface area (Å²) in [5, 5.41) is 18.8. The highest BCUT2D eigenvalue weighted by molar-refractivity contribution is 5.32. The molecule has 100 valence electrons. The van der Waals surface area contributed by atoms with Crippen molar-refractivity contribution in [1.82, 2.24) is 0 Å². The first-order valence-corrected chi connectivity index (χ1v) is 6.28. The zero-order valence-electron chi connectivity index (χ0n) is 10.9. The Morgan fingerprint density at radius 3 is 2.47 bits per heavy atom. The van der Waals surface area contributed by atoms with E-state index in [0.29, 0.717) is 12.4 Å². The highest BCUT2D eigenvalue weighted by atomic mass is 16.5.